The largest absolute Gasteiger partial charge is 0.497 e. The number of ketones is 1. The third-order valence-electron chi connectivity index (χ3n) is 3.50. The molecular weight excluding hydrogens is 342 g/mol. The van der Waals surface area contributed by atoms with Crippen LogP contribution in [-0.2, 0) is 0 Å². The van der Waals surface area contributed by atoms with Crippen molar-refractivity contribution in [2.24, 2.45) is 0 Å². The molecule has 124 valence electrons. The van der Waals surface area contributed by atoms with Crippen molar-refractivity contribution < 1.29 is 9.53 Å². The molecule has 24 heavy (non-hydrogen) atoms. The lowest BCUT2D eigenvalue weighted by atomic mass is 10.2. The highest BCUT2D eigenvalue weighted by atomic mass is 32.2. The molecule has 0 saturated carbocycles. The van der Waals surface area contributed by atoms with E-state index in [0.717, 1.165) is 26.6 Å². The van der Waals surface area contributed by atoms with Gasteiger partial charge in [0.05, 0.1) is 12.9 Å². The average Bonchev–Trinajstić information content (AvgIpc) is 3.19. The molecule has 1 N–H and O–H groups in total. The molecule has 3 rings (SSSR count). The summed E-state index contributed by atoms with van der Waals surface area (Å²) < 4.78 is 5.14. The monoisotopic (exact) mass is 359 g/mol. The Kier molecular flexibility index (Phi) is 5.01. The first kappa shape index (κ1) is 16.7. The summed E-state index contributed by atoms with van der Waals surface area (Å²) in [6.07, 6.45) is 0. The van der Waals surface area contributed by atoms with Gasteiger partial charge in [0, 0.05) is 20.9 Å². The first-order valence-electron chi connectivity index (χ1n) is 7.36. The summed E-state index contributed by atoms with van der Waals surface area (Å²) in [5.41, 5.74) is 1.72. The second kappa shape index (κ2) is 7.19. The third kappa shape index (κ3) is 3.68. The standard InChI is InChI=1S/C17H17N3O2S2/c1-10-8-14(11(2)24-10)15(21)9-23-17-18-16(19-20-17)12-4-6-13(22-3)7-5-12/h4-8H,9H2,1-3H3,(H,18,19,20). The van der Waals surface area contributed by atoms with Crippen molar-refractivity contribution in [3.05, 3.63) is 45.6 Å². The molecule has 0 atom stereocenters. The van der Waals surface area contributed by atoms with Gasteiger partial charge in [-0.25, -0.2) is 4.98 Å². The molecule has 0 aliphatic heterocycles. The molecule has 0 amide bonds. The van der Waals surface area contributed by atoms with Gasteiger partial charge in [-0.3, -0.25) is 9.89 Å². The first-order chi connectivity index (χ1) is 11.6. The van der Waals surface area contributed by atoms with E-state index in [4.69, 9.17) is 4.74 Å². The van der Waals surface area contributed by atoms with Crippen LogP contribution in [0.3, 0.4) is 0 Å². The van der Waals surface area contributed by atoms with E-state index in [1.54, 1.807) is 18.4 Å². The maximum atomic E-state index is 12.3. The van der Waals surface area contributed by atoms with E-state index in [0.29, 0.717) is 16.7 Å². The molecule has 0 unspecified atom stereocenters. The summed E-state index contributed by atoms with van der Waals surface area (Å²) >= 11 is 2.99. The second-order valence-electron chi connectivity index (χ2n) is 5.23. The highest BCUT2D eigenvalue weighted by molar-refractivity contribution is 7.99. The molecule has 2 heterocycles. The molecule has 0 fully saturated rings. The maximum Gasteiger partial charge on any atom is 0.209 e. The Balaban J connectivity index is 1.65. The lowest BCUT2D eigenvalue weighted by molar-refractivity contribution is 0.102. The Morgan fingerprint density at radius 1 is 1.29 bits per heavy atom. The van der Waals surface area contributed by atoms with Gasteiger partial charge in [0.2, 0.25) is 5.16 Å². The van der Waals surface area contributed by atoms with Crippen molar-refractivity contribution in [3.63, 3.8) is 0 Å². The van der Waals surface area contributed by atoms with Gasteiger partial charge < -0.3 is 4.74 Å². The number of hydrogen-bond donors (Lipinski definition) is 1. The van der Waals surface area contributed by atoms with E-state index < -0.39 is 0 Å². The Morgan fingerprint density at radius 3 is 2.67 bits per heavy atom. The van der Waals surface area contributed by atoms with Crippen LogP contribution in [0.4, 0.5) is 0 Å². The number of nitrogens with zero attached hydrogens (tertiary/aromatic N) is 2. The predicted molar refractivity (Wildman–Crippen MR) is 97.2 cm³/mol. The number of aromatic amines is 1. The predicted octanol–water partition coefficient (Wildman–Crippen LogP) is 4.13. The van der Waals surface area contributed by atoms with Crippen LogP contribution in [0.25, 0.3) is 11.4 Å². The van der Waals surface area contributed by atoms with Gasteiger partial charge in [0.15, 0.2) is 11.6 Å². The number of hydrogen-bond acceptors (Lipinski definition) is 6. The normalized spacial score (nSPS) is 10.8. The van der Waals surface area contributed by atoms with E-state index in [1.165, 1.54) is 11.8 Å². The number of Topliss-reactive ketones (excluding diaryl/α,β-unsaturated/α-hetero) is 1. The Morgan fingerprint density at radius 2 is 2.04 bits per heavy atom. The lowest BCUT2D eigenvalue weighted by Gasteiger charge is -2.00. The van der Waals surface area contributed by atoms with Crippen LogP contribution < -0.4 is 4.74 Å². The van der Waals surface area contributed by atoms with Gasteiger partial charge in [-0.15, -0.1) is 16.4 Å². The zero-order valence-corrected chi connectivity index (χ0v) is 15.3. The molecular formula is C17H17N3O2S2. The number of carbonyl (C=O) groups is 1. The second-order valence-corrected chi connectivity index (χ2v) is 7.64. The van der Waals surface area contributed by atoms with Gasteiger partial charge >= 0.3 is 0 Å². The fourth-order valence-corrected chi connectivity index (χ4v) is 3.93. The molecule has 5 nitrogen and oxygen atoms in total. The Bertz CT molecular complexity index is 853. The van der Waals surface area contributed by atoms with Crippen LogP contribution >= 0.6 is 23.1 Å². The summed E-state index contributed by atoms with van der Waals surface area (Å²) in [5.74, 6) is 1.91. The SMILES string of the molecule is COc1ccc(-c2nc(SCC(=O)c3cc(C)sc3C)n[nH]2)cc1. The molecule has 2 aromatic heterocycles. The summed E-state index contributed by atoms with van der Waals surface area (Å²) in [4.78, 5) is 19.0. The van der Waals surface area contributed by atoms with Crippen LogP contribution in [0.2, 0.25) is 0 Å². The van der Waals surface area contributed by atoms with Gasteiger partial charge in [-0.2, -0.15) is 0 Å². The van der Waals surface area contributed by atoms with E-state index in [9.17, 15) is 4.79 Å². The van der Waals surface area contributed by atoms with Crippen molar-refractivity contribution in [3.8, 4) is 17.1 Å². The zero-order valence-electron chi connectivity index (χ0n) is 13.6. The highest BCUT2D eigenvalue weighted by Crippen LogP contribution is 2.25. The number of benzene rings is 1. The molecule has 1 aromatic carbocycles. The van der Waals surface area contributed by atoms with Crippen LogP contribution in [-0.4, -0.2) is 33.8 Å². The van der Waals surface area contributed by atoms with Crippen LogP contribution in [0.5, 0.6) is 5.75 Å². The van der Waals surface area contributed by atoms with Gasteiger partial charge in [0.1, 0.15) is 5.75 Å². The number of methoxy groups -OCH3 is 1. The van der Waals surface area contributed by atoms with Crippen molar-refractivity contribution in [2.45, 2.75) is 19.0 Å². The van der Waals surface area contributed by atoms with Crippen LogP contribution in [0.1, 0.15) is 20.1 Å². The summed E-state index contributed by atoms with van der Waals surface area (Å²) in [6.45, 7) is 3.99. The maximum absolute atomic E-state index is 12.3. The van der Waals surface area contributed by atoms with Crippen molar-refractivity contribution >= 4 is 28.9 Å². The number of ether oxygens (including phenoxy) is 1. The van der Waals surface area contributed by atoms with Crippen LogP contribution in [0.15, 0.2) is 35.5 Å². The number of aryl methyl sites for hydroxylation is 2. The van der Waals surface area contributed by atoms with E-state index in [2.05, 4.69) is 15.2 Å². The number of carbonyl (C=O) groups excluding carboxylic acids is 1. The van der Waals surface area contributed by atoms with Crippen LogP contribution in [0, 0.1) is 13.8 Å². The van der Waals surface area contributed by atoms with Crippen molar-refractivity contribution in [1.29, 1.82) is 0 Å². The number of aromatic nitrogens is 3. The number of thioether (sulfide) groups is 1. The van der Waals surface area contributed by atoms with Gasteiger partial charge in [0.25, 0.3) is 0 Å². The molecule has 0 spiro atoms. The molecule has 3 aromatic rings. The highest BCUT2D eigenvalue weighted by Gasteiger charge is 2.14. The zero-order chi connectivity index (χ0) is 17.1. The topological polar surface area (TPSA) is 67.9 Å². The van der Waals surface area contributed by atoms with Gasteiger partial charge in [-0.05, 0) is 44.2 Å². The quantitative estimate of drug-likeness (QED) is 0.529. The smallest absolute Gasteiger partial charge is 0.209 e. The molecule has 0 aliphatic carbocycles. The lowest BCUT2D eigenvalue weighted by Crippen LogP contribution is -2.02. The minimum Gasteiger partial charge on any atom is -0.497 e. The Hall–Kier alpha value is -2.12. The first-order valence-corrected chi connectivity index (χ1v) is 9.17. The van der Waals surface area contributed by atoms with Crippen molar-refractivity contribution in [2.75, 3.05) is 12.9 Å². The van der Waals surface area contributed by atoms with E-state index >= 15 is 0 Å². The summed E-state index contributed by atoms with van der Waals surface area (Å²) in [5, 5.41) is 7.65. The van der Waals surface area contributed by atoms with Crippen molar-refractivity contribution in [1.82, 2.24) is 15.2 Å². The average molecular weight is 359 g/mol. The minimum atomic E-state index is 0.109. The molecule has 0 radical (unpaired) electrons. The minimum absolute atomic E-state index is 0.109. The van der Waals surface area contributed by atoms with Gasteiger partial charge in [-0.1, -0.05) is 11.8 Å². The summed E-state index contributed by atoms with van der Waals surface area (Å²) in [7, 11) is 1.63. The molecule has 0 aliphatic rings. The van der Waals surface area contributed by atoms with E-state index in [1.807, 2.05) is 44.2 Å². The number of H-pyrrole nitrogens is 1. The summed E-state index contributed by atoms with van der Waals surface area (Å²) in [6, 6.07) is 9.52. The number of nitrogens with one attached hydrogen (secondary N) is 1. The molecule has 7 heteroatoms. The third-order valence-corrected chi connectivity index (χ3v) is 5.32. The molecule has 0 saturated heterocycles. The number of thiophene rings is 1. The fourth-order valence-electron chi connectivity index (χ4n) is 2.30. The molecule has 0 bridgehead atoms. The Labute approximate surface area is 148 Å². The van der Waals surface area contributed by atoms with E-state index in [-0.39, 0.29) is 5.78 Å². The fraction of sp³-hybridized carbons (Fsp3) is 0.235. The number of rotatable bonds is 6.